The number of aromatic amines is 1. The summed E-state index contributed by atoms with van der Waals surface area (Å²) in [5.74, 6) is 3.04. The number of aromatic nitrogens is 4. The van der Waals surface area contributed by atoms with Gasteiger partial charge in [0.1, 0.15) is 17.4 Å². The highest BCUT2D eigenvalue weighted by Gasteiger charge is 2.51. The first-order valence-electron chi connectivity index (χ1n) is 11.5. The molecule has 1 amide bonds. The van der Waals surface area contributed by atoms with E-state index in [4.69, 9.17) is 14.5 Å². The van der Waals surface area contributed by atoms with Crippen molar-refractivity contribution in [3.05, 3.63) is 35.5 Å². The van der Waals surface area contributed by atoms with E-state index in [-0.39, 0.29) is 11.3 Å². The number of H-pyrrole nitrogens is 1. The Morgan fingerprint density at radius 2 is 2.00 bits per heavy atom. The second-order valence-corrected chi connectivity index (χ2v) is 9.35. The van der Waals surface area contributed by atoms with E-state index in [9.17, 15) is 4.79 Å². The fourth-order valence-corrected chi connectivity index (χ4v) is 5.20. The maximum absolute atomic E-state index is 12.9. The fourth-order valence-electron chi connectivity index (χ4n) is 5.20. The van der Waals surface area contributed by atoms with Gasteiger partial charge in [0, 0.05) is 32.2 Å². The van der Waals surface area contributed by atoms with E-state index in [0.29, 0.717) is 5.91 Å². The number of anilines is 1. The van der Waals surface area contributed by atoms with Gasteiger partial charge in [0.2, 0.25) is 5.91 Å². The summed E-state index contributed by atoms with van der Waals surface area (Å²) in [6, 6.07) is 6.11. The monoisotopic (exact) mass is 420 g/mol. The number of imidazole rings is 1. The quantitative estimate of drug-likeness (QED) is 0.697. The molecule has 8 heteroatoms. The Balaban J connectivity index is 1.24. The van der Waals surface area contributed by atoms with Gasteiger partial charge in [-0.1, -0.05) is 5.16 Å². The third-order valence-electron chi connectivity index (χ3n) is 7.17. The van der Waals surface area contributed by atoms with Gasteiger partial charge in [-0.25, -0.2) is 9.97 Å². The number of carbonyl (C=O) groups excluding carboxylic acids is 1. The topological polar surface area (TPSA) is 91.2 Å². The minimum Gasteiger partial charge on any atom is -0.361 e. The number of nitrogens with one attached hydrogen (secondary N) is 1. The summed E-state index contributed by atoms with van der Waals surface area (Å²) in [5, 5.41) is 4.25. The maximum atomic E-state index is 12.9. The van der Waals surface area contributed by atoms with Gasteiger partial charge in [0.15, 0.2) is 5.65 Å². The lowest BCUT2D eigenvalue weighted by molar-refractivity contribution is -0.134. The Morgan fingerprint density at radius 1 is 1.16 bits per heavy atom. The SMILES string of the molecule is Cc1cc(C2(c3nc4nc(N5CCC[C@@H](C(=O)N6CCCC6)C5)ccc4[nH]3)CC2)no1. The van der Waals surface area contributed by atoms with E-state index in [1.54, 1.807) is 0 Å². The number of fused-ring (bicyclic) bond motifs is 1. The number of piperidine rings is 1. The zero-order valence-corrected chi connectivity index (χ0v) is 17.9. The normalized spacial score (nSPS) is 22.9. The molecule has 0 unspecified atom stereocenters. The fraction of sp³-hybridized carbons (Fsp3) is 0.565. The van der Waals surface area contributed by atoms with E-state index in [2.05, 4.69) is 21.1 Å². The van der Waals surface area contributed by atoms with Crippen molar-refractivity contribution in [2.75, 3.05) is 31.1 Å². The molecule has 8 nitrogen and oxygen atoms in total. The average Bonchev–Trinajstić information content (AvgIpc) is 3.18. The van der Waals surface area contributed by atoms with Crippen LogP contribution in [0.5, 0.6) is 0 Å². The van der Waals surface area contributed by atoms with Gasteiger partial charge in [-0.05, 0) is 57.6 Å². The van der Waals surface area contributed by atoms with Crippen molar-refractivity contribution in [1.82, 2.24) is 25.0 Å². The van der Waals surface area contributed by atoms with Crippen LogP contribution >= 0.6 is 0 Å². The molecule has 1 saturated carbocycles. The van der Waals surface area contributed by atoms with Crippen LogP contribution in [0.15, 0.2) is 22.7 Å². The second kappa shape index (κ2) is 7.07. The molecular formula is C23H28N6O2. The highest BCUT2D eigenvalue weighted by atomic mass is 16.5. The van der Waals surface area contributed by atoms with Crippen LogP contribution in [-0.2, 0) is 10.2 Å². The van der Waals surface area contributed by atoms with Crippen LogP contribution in [0.2, 0.25) is 0 Å². The van der Waals surface area contributed by atoms with Crippen LogP contribution in [-0.4, -0.2) is 57.1 Å². The number of rotatable bonds is 4. The summed E-state index contributed by atoms with van der Waals surface area (Å²) in [6.07, 6.45) is 6.29. The molecule has 0 radical (unpaired) electrons. The lowest BCUT2D eigenvalue weighted by atomic mass is 9.96. The first-order valence-corrected chi connectivity index (χ1v) is 11.5. The van der Waals surface area contributed by atoms with Gasteiger partial charge in [-0.15, -0.1) is 0 Å². The first-order chi connectivity index (χ1) is 15.1. The largest absolute Gasteiger partial charge is 0.361 e. The molecule has 1 N–H and O–H groups in total. The van der Waals surface area contributed by atoms with Crippen molar-refractivity contribution in [2.24, 2.45) is 5.92 Å². The Kier molecular flexibility index (Phi) is 4.30. The average molecular weight is 421 g/mol. The minimum atomic E-state index is -0.170. The molecule has 1 atom stereocenters. The third kappa shape index (κ3) is 3.20. The van der Waals surface area contributed by atoms with Crippen molar-refractivity contribution < 1.29 is 9.32 Å². The molecule has 0 spiro atoms. The number of nitrogens with zero attached hydrogens (tertiary/aromatic N) is 5. The van der Waals surface area contributed by atoms with Crippen LogP contribution in [0.3, 0.4) is 0 Å². The van der Waals surface area contributed by atoms with Gasteiger partial charge in [0.05, 0.1) is 22.5 Å². The number of aryl methyl sites for hydroxylation is 1. The lowest BCUT2D eigenvalue weighted by Gasteiger charge is -2.34. The number of pyridine rings is 1. The number of carbonyl (C=O) groups is 1. The summed E-state index contributed by atoms with van der Waals surface area (Å²) >= 11 is 0. The molecule has 5 heterocycles. The molecule has 3 fully saturated rings. The van der Waals surface area contributed by atoms with Gasteiger partial charge in [0.25, 0.3) is 0 Å². The van der Waals surface area contributed by atoms with Crippen molar-refractivity contribution in [1.29, 1.82) is 0 Å². The van der Waals surface area contributed by atoms with Crippen molar-refractivity contribution in [3.63, 3.8) is 0 Å². The van der Waals surface area contributed by atoms with E-state index in [0.717, 1.165) is 99.0 Å². The molecule has 6 rings (SSSR count). The zero-order valence-electron chi connectivity index (χ0n) is 17.9. The van der Waals surface area contributed by atoms with Gasteiger partial charge >= 0.3 is 0 Å². The zero-order chi connectivity index (χ0) is 21.0. The Morgan fingerprint density at radius 3 is 2.74 bits per heavy atom. The predicted octanol–water partition coefficient (Wildman–Crippen LogP) is 3.17. The Labute approximate surface area is 181 Å². The maximum Gasteiger partial charge on any atom is 0.227 e. The van der Waals surface area contributed by atoms with Crippen LogP contribution in [0.1, 0.15) is 55.8 Å². The van der Waals surface area contributed by atoms with Crippen LogP contribution in [0.25, 0.3) is 11.2 Å². The van der Waals surface area contributed by atoms with E-state index in [1.165, 1.54) is 0 Å². The van der Waals surface area contributed by atoms with E-state index < -0.39 is 0 Å². The molecule has 3 aliphatic rings. The second-order valence-electron chi connectivity index (χ2n) is 9.35. The molecule has 0 bridgehead atoms. The number of amides is 1. The van der Waals surface area contributed by atoms with Crippen molar-refractivity contribution >= 4 is 22.9 Å². The summed E-state index contributed by atoms with van der Waals surface area (Å²) in [4.78, 5) is 30.4. The van der Waals surface area contributed by atoms with E-state index in [1.807, 2.05) is 24.0 Å². The molecule has 1 aliphatic carbocycles. The molecule has 31 heavy (non-hydrogen) atoms. The summed E-state index contributed by atoms with van der Waals surface area (Å²) < 4.78 is 5.31. The predicted molar refractivity (Wildman–Crippen MR) is 116 cm³/mol. The molecule has 2 saturated heterocycles. The molecule has 3 aromatic heterocycles. The number of likely N-dealkylation sites (tertiary alicyclic amines) is 1. The standard InChI is InChI=1S/C23H28N6O2/c1-15-13-18(27-31-15)23(8-9-23)22-24-17-6-7-19(25-20(17)26-22)29-12-4-5-16(14-29)21(30)28-10-2-3-11-28/h6-7,13,16H,2-5,8-12,14H2,1H3,(H,24,25,26)/t16-/m1/s1. The van der Waals surface area contributed by atoms with Gasteiger partial charge < -0.3 is 19.3 Å². The lowest BCUT2D eigenvalue weighted by Crippen LogP contribution is -2.44. The van der Waals surface area contributed by atoms with Crippen LogP contribution in [0.4, 0.5) is 5.82 Å². The van der Waals surface area contributed by atoms with Gasteiger partial charge in [-0.2, -0.15) is 0 Å². The molecule has 2 aliphatic heterocycles. The van der Waals surface area contributed by atoms with Crippen LogP contribution in [0, 0.1) is 12.8 Å². The molecule has 0 aromatic carbocycles. The number of hydrogen-bond donors (Lipinski definition) is 1. The highest BCUT2D eigenvalue weighted by molar-refractivity contribution is 5.80. The van der Waals surface area contributed by atoms with Crippen molar-refractivity contribution in [3.8, 4) is 0 Å². The summed E-state index contributed by atoms with van der Waals surface area (Å²) in [5.41, 5.74) is 2.44. The van der Waals surface area contributed by atoms with Crippen LogP contribution < -0.4 is 4.90 Å². The molecular weight excluding hydrogens is 392 g/mol. The van der Waals surface area contributed by atoms with Crippen molar-refractivity contribution in [2.45, 2.75) is 50.9 Å². The van der Waals surface area contributed by atoms with Gasteiger partial charge in [-0.3, -0.25) is 4.79 Å². The number of hydrogen-bond acceptors (Lipinski definition) is 6. The first kappa shape index (κ1) is 18.8. The summed E-state index contributed by atoms with van der Waals surface area (Å²) in [6.45, 7) is 5.43. The minimum absolute atomic E-state index is 0.0734. The Bertz CT molecular complexity index is 1120. The molecule has 3 aromatic rings. The summed E-state index contributed by atoms with van der Waals surface area (Å²) in [7, 11) is 0. The highest BCUT2D eigenvalue weighted by Crippen LogP contribution is 2.52. The molecule has 162 valence electrons. The third-order valence-corrected chi connectivity index (χ3v) is 7.17. The van der Waals surface area contributed by atoms with E-state index >= 15 is 0 Å². The Hall–Kier alpha value is -2.90. The smallest absolute Gasteiger partial charge is 0.227 e.